The van der Waals surface area contributed by atoms with E-state index in [0.29, 0.717) is 18.8 Å². The van der Waals surface area contributed by atoms with Crippen molar-refractivity contribution in [1.29, 1.82) is 0 Å². The third-order valence-electron chi connectivity index (χ3n) is 4.67. The van der Waals surface area contributed by atoms with Crippen LogP contribution >= 0.6 is 0 Å². The first kappa shape index (κ1) is 19.5. The molecule has 1 N–H and O–H groups in total. The average molecular weight is 379 g/mol. The molecule has 148 valence electrons. The number of carboxylic acids is 1. The fraction of sp³-hybridized carbons (Fsp3) is 0.600. The topological polar surface area (TPSA) is 76.1 Å². The Morgan fingerprint density at radius 2 is 1.93 bits per heavy atom. The van der Waals surface area contributed by atoms with Crippen molar-refractivity contribution in [3.63, 3.8) is 0 Å². The summed E-state index contributed by atoms with van der Waals surface area (Å²) in [5.74, 6) is -1.49. The maximum atomic E-state index is 14.2. The lowest BCUT2D eigenvalue weighted by Gasteiger charge is -2.34. The van der Waals surface area contributed by atoms with Crippen LogP contribution in [-0.4, -0.2) is 46.9 Å². The minimum absolute atomic E-state index is 0.212. The molecule has 1 aliphatic heterocycles. The Bertz CT molecular complexity index is 739. The Morgan fingerprint density at radius 1 is 1.22 bits per heavy atom. The molecule has 6 nitrogen and oxygen atoms in total. The first-order chi connectivity index (χ1) is 12.6. The molecule has 27 heavy (non-hydrogen) atoms. The van der Waals surface area contributed by atoms with Crippen LogP contribution in [0.15, 0.2) is 12.1 Å². The molecule has 0 aromatic heterocycles. The molecule has 0 spiro atoms. The normalized spacial score (nSPS) is 20.3. The SMILES string of the molecule is CC(C)(C)OC(=O)N1CCC[C@@H](Oc2cc(F)c(C(=O)O)cc2C2CC2)C1. The van der Waals surface area contributed by atoms with E-state index in [0.717, 1.165) is 31.2 Å². The number of likely N-dealkylation sites (tertiary alicyclic amines) is 1. The number of halogens is 1. The minimum atomic E-state index is -1.28. The summed E-state index contributed by atoms with van der Waals surface area (Å²) in [6, 6.07) is 2.56. The summed E-state index contributed by atoms with van der Waals surface area (Å²) in [5.41, 5.74) is -0.161. The van der Waals surface area contributed by atoms with Crippen molar-refractivity contribution in [3.8, 4) is 5.75 Å². The zero-order valence-corrected chi connectivity index (χ0v) is 16.0. The summed E-state index contributed by atoms with van der Waals surface area (Å²) in [6.07, 6.45) is 2.72. The van der Waals surface area contributed by atoms with Crippen molar-refractivity contribution in [3.05, 3.63) is 29.1 Å². The molecule has 1 heterocycles. The van der Waals surface area contributed by atoms with Gasteiger partial charge in [-0.25, -0.2) is 14.0 Å². The molecular weight excluding hydrogens is 353 g/mol. The molecular formula is C20H26FNO5. The average Bonchev–Trinajstić information content (AvgIpc) is 3.38. The number of hydrogen-bond donors (Lipinski definition) is 1. The molecule has 1 saturated carbocycles. The van der Waals surface area contributed by atoms with E-state index in [9.17, 15) is 14.0 Å². The highest BCUT2D eigenvalue weighted by Gasteiger charge is 2.32. The first-order valence-electron chi connectivity index (χ1n) is 9.35. The van der Waals surface area contributed by atoms with E-state index in [1.807, 2.05) is 20.8 Å². The third kappa shape index (κ3) is 4.90. The van der Waals surface area contributed by atoms with Crippen LogP contribution in [-0.2, 0) is 4.74 Å². The lowest BCUT2D eigenvalue weighted by molar-refractivity contribution is 0.00758. The van der Waals surface area contributed by atoms with Gasteiger partial charge in [0.1, 0.15) is 23.3 Å². The highest BCUT2D eigenvalue weighted by atomic mass is 19.1. The van der Waals surface area contributed by atoms with E-state index in [1.54, 1.807) is 4.90 Å². The summed E-state index contributed by atoms with van der Waals surface area (Å²) in [6.45, 7) is 6.41. The molecule has 7 heteroatoms. The molecule has 0 bridgehead atoms. The van der Waals surface area contributed by atoms with Crippen LogP contribution in [0.2, 0.25) is 0 Å². The van der Waals surface area contributed by atoms with Gasteiger partial charge in [0, 0.05) is 12.6 Å². The van der Waals surface area contributed by atoms with Crippen LogP contribution in [0.5, 0.6) is 5.75 Å². The van der Waals surface area contributed by atoms with Crippen LogP contribution in [0.4, 0.5) is 9.18 Å². The van der Waals surface area contributed by atoms with E-state index in [1.165, 1.54) is 12.1 Å². The summed E-state index contributed by atoms with van der Waals surface area (Å²) >= 11 is 0. The van der Waals surface area contributed by atoms with Gasteiger partial charge >= 0.3 is 12.1 Å². The molecule has 1 aliphatic carbocycles. The first-order valence-corrected chi connectivity index (χ1v) is 9.35. The molecule has 1 aromatic rings. The van der Waals surface area contributed by atoms with Crippen LogP contribution in [0.25, 0.3) is 0 Å². The maximum Gasteiger partial charge on any atom is 0.410 e. The van der Waals surface area contributed by atoms with Gasteiger partial charge in [-0.3, -0.25) is 0 Å². The zero-order valence-electron chi connectivity index (χ0n) is 16.0. The zero-order chi connectivity index (χ0) is 19.8. The van der Waals surface area contributed by atoms with Crippen molar-refractivity contribution < 1.29 is 28.6 Å². The van der Waals surface area contributed by atoms with Crippen LogP contribution in [0.1, 0.15) is 68.3 Å². The summed E-state index contributed by atoms with van der Waals surface area (Å²) < 4.78 is 25.6. The Kier molecular flexibility index (Phi) is 5.31. The van der Waals surface area contributed by atoms with Crippen molar-refractivity contribution in [2.45, 2.75) is 64.1 Å². The number of aromatic carboxylic acids is 1. The number of benzene rings is 1. The van der Waals surface area contributed by atoms with E-state index < -0.39 is 17.4 Å². The lowest BCUT2D eigenvalue weighted by Crippen LogP contribution is -2.46. The van der Waals surface area contributed by atoms with Gasteiger partial charge in [-0.15, -0.1) is 0 Å². The van der Waals surface area contributed by atoms with Crippen molar-refractivity contribution in [2.24, 2.45) is 0 Å². The minimum Gasteiger partial charge on any atom is -0.488 e. The highest BCUT2D eigenvalue weighted by molar-refractivity contribution is 5.88. The Hall–Kier alpha value is -2.31. The van der Waals surface area contributed by atoms with Gasteiger partial charge in [-0.1, -0.05) is 0 Å². The second kappa shape index (κ2) is 7.37. The molecule has 1 aromatic carbocycles. The van der Waals surface area contributed by atoms with Gasteiger partial charge < -0.3 is 19.5 Å². The Balaban J connectivity index is 1.74. The number of hydrogen-bond acceptors (Lipinski definition) is 4. The Labute approximate surface area is 158 Å². The summed E-state index contributed by atoms with van der Waals surface area (Å²) in [4.78, 5) is 25.1. The van der Waals surface area contributed by atoms with Crippen LogP contribution in [0, 0.1) is 5.82 Å². The smallest absolute Gasteiger partial charge is 0.410 e. The third-order valence-corrected chi connectivity index (χ3v) is 4.67. The summed E-state index contributed by atoms with van der Waals surface area (Å²) in [7, 11) is 0. The molecule has 2 aliphatic rings. The number of ether oxygens (including phenoxy) is 2. The maximum absolute atomic E-state index is 14.2. The van der Waals surface area contributed by atoms with Gasteiger partial charge in [0.05, 0.1) is 12.1 Å². The predicted octanol–water partition coefficient (Wildman–Crippen LogP) is 4.18. The Morgan fingerprint density at radius 3 is 2.52 bits per heavy atom. The van der Waals surface area contributed by atoms with Crippen molar-refractivity contribution >= 4 is 12.1 Å². The molecule has 1 saturated heterocycles. The van der Waals surface area contributed by atoms with Crippen molar-refractivity contribution in [2.75, 3.05) is 13.1 Å². The predicted molar refractivity (Wildman–Crippen MR) is 96.8 cm³/mol. The summed E-state index contributed by atoms with van der Waals surface area (Å²) in [5, 5.41) is 9.15. The lowest BCUT2D eigenvalue weighted by atomic mass is 10.0. The number of piperidine rings is 1. The van der Waals surface area contributed by atoms with E-state index in [2.05, 4.69) is 0 Å². The fourth-order valence-electron chi connectivity index (χ4n) is 3.26. The van der Waals surface area contributed by atoms with Gasteiger partial charge in [0.2, 0.25) is 0 Å². The second-order valence-electron chi connectivity index (χ2n) is 8.26. The molecule has 3 rings (SSSR count). The molecule has 2 fully saturated rings. The molecule has 0 radical (unpaired) electrons. The van der Waals surface area contributed by atoms with E-state index in [-0.39, 0.29) is 23.7 Å². The van der Waals surface area contributed by atoms with E-state index >= 15 is 0 Å². The second-order valence-corrected chi connectivity index (χ2v) is 8.26. The van der Waals surface area contributed by atoms with Gasteiger partial charge in [-0.05, 0) is 64.0 Å². The number of carboxylic acid groups (broad SMARTS) is 1. The number of nitrogens with zero attached hydrogens (tertiary/aromatic N) is 1. The largest absolute Gasteiger partial charge is 0.488 e. The fourth-order valence-corrected chi connectivity index (χ4v) is 3.26. The number of rotatable bonds is 4. The number of carbonyl (C=O) groups is 2. The number of amides is 1. The van der Waals surface area contributed by atoms with Crippen LogP contribution < -0.4 is 4.74 Å². The van der Waals surface area contributed by atoms with Crippen molar-refractivity contribution in [1.82, 2.24) is 4.90 Å². The molecule has 1 amide bonds. The number of carbonyl (C=O) groups excluding carboxylic acids is 1. The monoisotopic (exact) mass is 379 g/mol. The molecule has 0 unspecified atom stereocenters. The van der Waals surface area contributed by atoms with Gasteiger partial charge in [0.25, 0.3) is 0 Å². The quantitative estimate of drug-likeness (QED) is 0.849. The van der Waals surface area contributed by atoms with Gasteiger partial charge in [0.15, 0.2) is 0 Å². The van der Waals surface area contributed by atoms with E-state index in [4.69, 9.17) is 14.6 Å². The molecule has 1 atom stereocenters. The van der Waals surface area contributed by atoms with Gasteiger partial charge in [-0.2, -0.15) is 0 Å². The van der Waals surface area contributed by atoms with Crippen LogP contribution in [0.3, 0.4) is 0 Å². The standard InChI is InChI=1S/C20H26FNO5/c1-20(2,3)27-19(25)22-8-4-5-13(11-22)26-17-10-16(21)15(18(23)24)9-14(17)12-6-7-12/h9-10,12-13H,4-8,11H2,1-3H3,(H,23,24)/t13-/m1/s1. The highest BCUT2D eigenvalue weighted by Crippen LogP contribution is 2.45.